The number of rotatable bonds is 3. The van der Waals surface area contributed by atoms with Crippen molar-refractivity contribution in [2.24, 2.45) is 7.05 Å². The number of aromatic nitrogens is 2. The van der Waals surface area contributed by atoms with E-state index in [1.165, 1.54) is 17.7 Å². The van der Waals surface area contributed by atoms with Crippen LogP contribution in [0.1, 0.15) is 12.6 Å². The first-order valence-electron chi connectivity index (χ1n) is 3.76. The maximum absolute atomic E-state index is 10.7. The molecule has 1 aromatic rings. The minimum absolute atomic E-state index is 0.266. The zero-order chi connectivity index (χ0) is 10.1. The molecule has 13 heavy (non-hydrogen) atoms. The highest BCUT2D eigenvalue weighted by Crippen LogP contribution is 2.21. The van der Waals surface area contributed by atoms with Crippen LogP contribution in [0, 0.1) is 10.1 Å². The molecule has 6 nitrogen and oxygen atoms in total. The van der Waals surface area contributed by atoms with Gasteiger partial charge in [-0.1, -0.05) is 0 Å². The van der Waals surface area contributed by atoms with Gasteiger partial charge in [0.2, 0.25) is 0 Å². The van der Waals surface area contributed by atoms with E-state index in [0.29, 0.717) is 0 Å². The van der Waals surface area contributed by atoms with E-state index in [-0.39, 0.29) is 5.69 Å². The molecule has 0 saturated carbocycles. The van der Waals surface area contributed by atoms with Crippen molar-refractivity contribution >= 4 is 0 Å². The first-order valence-corrected chi connectivity index (χ1v) is 3.76. The molecule has 72 valence electrons. The summed E-state index contributed by atoms with van der Waals surface area (Å²) in [4.78, 5) is 10.1. The van der Waals surface area contributed by atoms with Crippen LogP contribution in [0.15, 0.2) is 12.3 Å². The normalized spacial score (nSPS) is 15.3. The van der Waals surface area contributed by atoms with Gasteiger partial charge >= 0.3 is 0 Å². The Kier molecular flexibility index (Phi) is 2.33. The third-order valence-corrected chi connectivity index (χ3v) is 1.98. The summed E-state index contributed by atoms with van der Waals surface area (Å²) >= 11 is 0. The molecule has 1 atom stereocenters. The Morgan fingerprint density at radius 3 is 2.77 bits per heavy atom. The van der Waals surface area contributed by atoms with Gasteiger partial charge in [0.1, 0.15) is 12.3 Å². The third kappa shape index (κ3) is 1.52. The molecular formula is C7H11N3O3. The Balaban J connectivity index is 3.09. The van der Waals surface area contributed by atoms with Crippen molar-refractivity contribution < 1.29 is 10.0 Å². The lowest BCUT2D eigenvalue weighted by atomic mass is 10.0. The van der Waals surface area contributed by atoms with Crippen molar-refractivity contribution in [3.05, 3.63) is 28.1 Å². The van der Waals surface area contributed by atoms with Crippen molar-refractivity contribution in [1.29, 1.82) is 0 Å². The Morgan fingerprint density at radius 1 is 1.85 bits per heavy atom. The average Bonchev–Trinajstić information content (AvgIpc) is 2.50. The number of aliphatic hydroxyl groups is 1. The molecule has 0 fully saturated rings. The second-order valence-electron chi connectivity index (χ2n) is 3.06. The van der Waals surface area contributed by atoms with Gasteiger partial charge in [0.05, 0.1) is 0 Å². The van der Waals surface area contributed by atoms with Crippen molar-refractivity contribution in [2.75, 3.05) is 6.61 Å². The summed E-state index contributed by atoms with van der Waals surface area (Å²) in [6, 6.07) is 1.53. The molecule has 0 bridgehead atoms. The van der Waals surface area contributed by atoms with E-state index >= 15 is 0 Å². The Hall–Kier alpha value is -1.43. The first kappa shape index (κ1) is 9.66. The van der Waals surface area contributed by atoms with E-state index in [1.54, 1.807) is 13.2 Å². The molecule has 1 aromatic heterocycles. The van der Waals surface area contributed by atoms with Crippen LogP contribution in [0.25, 0.3) is 0 Å². The smallest absolute Gasteiger partial charge is 0.285 e. The summed E-state index contributed by atoms with van der Waals surface area (Å²) < 4.78 is 1.47. The van der Waals surface area contributed by atoms with Gasteiger partial charge in [-0.3, -0.25) is 14.8 Å². The van der Waals surface area contributed by atoms with Crippen LogP contribution in [-0.2, 0) is 12.6 Å². The summed E-state index contributed by atoms with van der Waals surface area (Å²) in [5.74, 6) is 0. The van der Waals surface area contributed by atoms with Crippen LogP contribution in [0.5, 0.6) is 0 Å². The van der Waals surface area contributed by atoms with E-state index in [1.807, 2.05) is 0 Å². The predicted molar refractivity (Wildman–Crippen MR) is 44.6 cm³/mol. The Bertz CT molecular complexity index is 323. The highest BCUT2D eigenvalue weighted by atomic mass is 16.6. The Morgan fingerprint density at radius 2 is 2.46 bits per heavy atom. The zero-order valence-electron chi connectivity index (χ0n) is 7.47. The fraction of sp³-hybridized carbons (Fsp3) is 0.571. The van der Waals surface area contributed by atoms with Crippen LogP contribution in [0.3, 0.4) is 0 Å². The molecule has 0 radical (unpaired) electrons. The second-order valence-corrected chi connectivity index (χ2v) is 3.06. The van der Waals surface area contributed by atoms with Gasteiger partial charge < -0.3 is 5.11 Å². The lowest BCUT2D eigenvalue weighted by Gasteiger charge is -2.14. The van der Waals surface area contributed by atoms with Gasteiger partial charge in [-0.15, -0.1) is 0 Å². The zero-order valence-corrected chi connectivity index (χ0v) is 7.47. The molecule has 1 N–H and O–H groups in total. The summed E-state index contributed by atoms with van der Waals surface area (Å²) in [5.41, 5.74) is -1.23. The van der Waals surface area contributed by atoms with Gasteiger partial charge in [0.25, 0.3) is 5.54 Å². The quantitative estimate of drug-likeness (QED) is 0.526. The molecule has 0 spiro atoms. The first-order chi connectivity index (χ1) is 6.00. The van der Waals surface area contributed by atoms with E-state index in [4.69, 9.17) is 5.11 Å². The van der Waals surface area contributed by atoms with Crippen LogP contribution in [-0.4, -0.2) is 26.4 Å². The number of nitrogens with zero attached hydrogens (tertiary/aromatic N) is 3. The summed E-state index contributed by atoms with van der Waals surface area (Å²) in [6.07, 6.45) is 1.60. The largest absolute Gasteiger partial charge is 0.388 e. The fourth-order valence-electron chi connectivity index (χ4n) is 0.935. The molecule has 0 saturated heterocycles. The van der Waals surface area contributed by atoms with E-state index < -0.39 is 17.1 Å². The number of hydrogen-bond acceptors (Lipinski definition) is 4. The van der Waals surface area contributed by atoms with Gasteiger partial charge in [-0.2, -0.15) is 5.10 Å². The lowest BCUT2D eigenvalue weighted by molar-refractivity contribution is -0.579. The Labute approximate surface area is 74.9 Å². The lowest BCUT2D eigenvalue weighted by Crippen LogP contribution is -2.36. The monoisotopic (exact) mass is 185 g/mol. The van der Waals surface area contributed by atoms with Crippen LogP contribution in [0.4, 0.5) is 0 Å². The van der Waals surface area contributed by atoms with Crippen LogP contribution < -0.4 is 0 Å². The minimum Gasteiger partial charge on any atom is -0.388 e. The van der Waals surface area contributed by atoms with Crippen LogP contribution in [0.2, 0.25) is 0 Å². The molecular weight excluding hydrogens is 174 g/mol. The van der Waals surface area contributed by atoms with Gasteiger partial charge in [0.15, 0.2) is 0 Å². The van der Waals surface area contributed by atoms with Crippen molar-refractivity contribution in [2.45, 2.75) is 12.5 Å². The molecule has 0 aliphatic rings. The fourth-order valence-corrected chi connectivity index (χ4v) is 0.935. The van der Waals surface area contributed by atoms with Crippen molar-refractivity contribution in [3.63, 3.8) is 0 Å². The highest BCUT2D eigenvalue weighted by Gasteiger charge is 2.41. The topological polar surface area (TPSA) is 81.2 Å². The third-order valence-electron chi connectivity index (χ3n) is 1.98. The standard InChI is InChI=1S/C7H11N3O3/c1-7(5-11,10(12)13)6-3-4-9(2)8-6/h3-4,11H,5H2,1-2H3. The maximum atomic E-state index is 10.7. The number of aryl methyl sites for hydroxylation is 1. The summed E-state index contributed by atoms with van der Waals surface area (Å²) in [7, 11) is 1.67. The van der Waals surface area contributed by atoms with Crippen molar-refractivity contribution in [3.8, 4) is 0 Å². The van der Waals surface area contributed by atoms with Gasteiger partial charge in [0, 0.05) is 25.1 Å². The molecule has 0 amide bonds. The number of nitro groups is 1. The van der Waals surface area contributed by atoms with Crippen LogP contribution >= 0.6 is 0 Å². The average molecular weight is 185 g/mol. The SMILES string of the molecule is Cn1ccc(C(C)(CO)[N+](=O)[O-])n1. The molecule has 6 heteroatoms. The number of hydrogen-bond donors (Lipinski definition) is 1. The molecule has 0 aromatic carbocycles. The maximum Gasteiger partial charge on any atom is 0.285 e. The summed E-state index contributed by atoms with van der Waals surface area (Å²) in [5, 5.41) is 23.5. The predicted octanol–water partition coefficient (Wildman–Crippen LogP) is -0.0957. The number of aliphatic hydroxyl groups excluding tert-OH is 1. The molecule has 1 heterocycles. The van der Waals surface area contributed by atoms with E-state index in [2.05, 4.69) is 5.10 Å². The highest BCUT2D eigenvalue weighted by molar-refractivity contribution is 5.09. The molecule has 0 aliphatic carbocycles. The van der Waals surface area contributed by atoms with Crippen molar-refractivity contribution in [1.82, 2.24) is 9.78 Å². The second kappa shape index (κ2) is 3.14. The van der Waals surface area contributed by atoms with E-state index in [0.717, 1.165) is 0 Å². The van der Waals surface area contributed by atoms with Gasteiger partial charge in [-0.25, -0.2) is 0 Å². The minimum atomic E-state index is -1.50. The summed E-state index contributed by atoms with van der Waals surface area (Å²) in [6.45, 7) is 0.784. The molecule has 0 aliphatic heterocycles. The van der Waals surface area contributed by atoms with Gasteiger partial charge in [-0.05, 0) is 6.07 Å². The molecule has 1 unspecified atom stereocenters. The molecule has 1 rings (SSSR count). The van der Waals surface area contributed by atoms with E-state index in [9.17, 15) is 10.1 Å².